The number of quaternary nitrogens is 1. The van der Waals surface area contributed by atoms with E-state index < -0.39 is 5.60 Å². The summed E-state index contributed by atoms with van der Waals surface area (Å²) in [5, 5.41) is 14.4. The van der Waals surface area contributed by atoms with Gasteiger partial charge in [-0.1, -0.05) is 104 Å². The maximum atomic E-state index is 12.0. The van der Waals surface area contributed by atoms with Gasteiger partial charge >= 0.3 is 0 Å². The van der Waals surface area contributed by atoms with Gasteiger partial charge in [0.05, 0.1) is 5.92 Å². The number of benzene rings is 3. The van der Waals surface area contributed by atoms with Crippen LogP contribution in [-0.4, -0.2) is 10.7 Å². The molecular weight excluding hydrogens is 366 g/mol. The first kappa shape index (κ1) is 20.4. The van der Waals surface area contributed by atoms with Gasteiger partial charge in [-0.15, -0.1) is 0 Å². The van der Waals surface area contributed by atoms with Crippen molar-refractivity contribution in [1.82, 2.24) is 0 Å². The largest absolute Gasteiger partial charge is 0.377 e. The Bertz CT molecular complexity index is 990. The van der Waals surface area contributed by atoms with E-state index in [1.54, 1.807) is 0 Å². The molecule has 0 radical (unpaired) electrons. The highest BCUT2D eigenvalue weighted by atomic mass is 16.3. The lowest BCUT2D eigenvalue weighted by atomic mass is 9.69. The van der Waals surface area contributed by atoms with E-state index in [1.807, 2.05) is 36.4 Å². The quantitative estimate of drug-likeness (QED) is 0.620. The molecule has 30 heavy (non-hydrogen) atoms. The van der Waals surface area contributed by atoms with Crippen molar-refractivity contribution in [3.8, 4) is 11.8 Å². The number of rotatable bonds is 4. The maximum absolute atomic E-state index is 12.0. The van der Waals surface area contributed by atoms with Crippen LogP contribution in [0.25, 0.3) is 0 Å². The highest BCUT2D eigenvalue weighted by Crippen LogP contribution is 2.41. The van der Waals surface area contributed by atoms with Crippen molar-refractivity contribution in [2.75, 3.05) is 0 Å². The summed E-state index contributed by atoms with van der Waals surface area (Å²) < 4.78 is 0. The molecule has 0 amide bonds. The Morgan fingerprint density at radius 2 is 1.43 bits per heavy atom. The zero-order chi connectivity index (χ0) is 20.8. The molecule has 0 aliphatic carbocycles. The van der Waals surface area contributed by atoms with E-state index in [1.165, 1.54) is 11.1 Å². The molecule has 3 N–H and O–H groups in total. The average molecular weight is 397 g/mol. The van der Waals surface area contributed by atoms with E-state index in [0.717, 1.165) is 18.4 Å². The maximum Gasteiger partial charge on any atom is 0.140 e. The summed E-state index contributed by atoms with van der Waals surface area (Å²) in [5.74, 6) is 6.68. The molecule has 2 heteroatoms. The Labute approximate surface area is 180 Å². The van der Waals surface area contributed by atoms with Gasteiger partial charge < -0.3 is 10.4 Å². The van der Waals surface area contributed by atoms with E-state index >= 15 is 0 Å². The molecule has 4 rings (SSSR count). The number of hydrogen-bond donors (Lipinski definition) is 2. The third kappa shape index (κ3) is 4.49. The fraction of sp³-hybridized carbons (Fsp3) is 0.286. The number of nitrogens with two attached hydrogens (primary N) is 1. The van der Waals surface area contributed by atoms with E-state index in [9.17, 15) is 5.11 Å². The van der Waals surface area contributed by atoms with Gasteiger partial charge in [0, 0.05) is 23.1 Å². The Morgan fingerprint density at radius 1 is 0.867 bits per heavy atom. The molecule has 1 heterocycles. The number of piperidine rings is 1. The van der Waals surface area contributed by atoms with Crippen LogP contribution in [-0.2, 0) is 0 Å². The van der Waals surface area contributed by atoms with Gasteiger partial charge in [-0.05, 0) is 18.6 Å². The predicted molar refractivity (Wildman–Crippen MR) is 122 cm³/mol. The molecule has 3 aromatic rings. The lowest BCUT2D eigenvalue weighted by Gasteiger charge is -2.43. The lowest BCUT2D eigenvalue weighted by molar-refractivity contribution is -0.755. The van der Waals surface area contributed by atoms with Gasteiger partial charge in [-0.25, -0.2) is 0 Å². The fourth-order valence-electron chi connectivity index (χ4n) is 4.76. The van der Waals surface area contributed by atoms with Gasteiger partial charge in [0.25, 0.3) is 0 Å². The van der Waals surface area contributed by atoms with E-state index in [2.05, 4.69) is 78.7 Å². The highest BCUT2D eigenvalue weighted by molar-refractivity contribution is 5.37. The minimum absolute atomic E-state index is 0.0704. The van der Waals surface area contributed by atoms with Gasteiger partial charge in [-0.2, -0.15) is 0 Å². The summed E-state index contributed by atoms with van der Waals surface area (Å²) in [6.45, 7) is 2.19. The molecule has 4 atom stereocenters. The zero-order valence-corrected chi connectivity index (χ0v) is 17.5. The second kappa shape index (κ2) is 9.30. The Morgan fingerprint density at radius 3 is 2.03 bits per heavy atom. The molecule has 2 nitrogen and oxygen atoms in total. The molecule has 0 aromatic heterocycles. The van der Waals surface area contributed by atoms with E-state index in [-0.39, 0.29) is 18.0 Å². The fourth-order valence-corrected chi connectivity index (χ4v) is 4.76. The van der Waals surface area contributed by atoms with Crippen LogP contribution in [0.3, 0.4) is 0 Å². The third-order valence-electron chi connectivity index (χ3n) is 6.23. The smallest absolute Gasteiger partial charge is 0.140 e. The van der Waals surface area contributed by atoms with Crippen molar-refractivity contribution >= 4 is 0 Å². The summed E-state index contributed by atoms with van der Waals surface area (Å²) in [5.41, 5.74) is 2.41. The van der Waals surface area contributed by atoms with Crippen molar-refractivity contribution < 1.29 is 10.4 Å². The third-order valence-corrected chi connectivity index (χ3v) is 6.23. The van der Waals surface area contributed by atoms with Crippen LogP contribution in [0.15, 0.2) is 91.0 Å². The molecule has 1 aliphatic rings. The first-order valence-corrected chi connectivity index (χ1v) is 10.9. The molecule has 1 fully saturated rings. The second-order valence-electron chi connectivity index (χ2n) is 8.29. The van der Waals surface area contributed by atoms with Crippen molar-refractivity contribution in [3.63, 3.8) is 0 Å². The summed E-state index contributed by atoms with van der Waals surface area (Å²) in [6, 6.07) is 31.4. The SMILES string of the molecule is CCC[C@@H]1[C@H](c2ccccc2)[NH2+][C@H](c2ccccc2)C[C@]1(O)C#Cc1ccccc1. The standard InChI is InChI=1S/C28H29NO/c1-2-12-25-27(24-17-10-5-11-18-24)29-26(23-15-8-4-9-16-23)21-28(25,30)20-19-22-13-6-3-7-14-22/h3-11,13-18,25-27,29-30H,2,12,21H2,1H3/p+1/t25-,26+,27+,28-/m1/s1. The average Bonchev–Trinajstić information content (AvgIpc) is 2.81. The summed E-state index contributed by atoms with van der Waals surface area (Å²) in [4.78, 5) is 0. The van der Waals surface area contributed by atoms with Crippen LogP contribution in [0, 0.1) is 17.8 Å². The molecule has 0 saturated carbocycles. The monoisotopic (exact) mass is 396 g/mol. The van der Waals surface area contributed by atoms with Crippen LogP contribution < -0.4 is 5.32 Å². The van der Waals surface area contributed by atoms with Gasteiger partial charge in [-0.3, -0.25) is 0 Å². The highest BCUT2D eigenvalue weighted by Gasteiger charge is 2.50. The topological polar surface area (TPSA) is 36.8 Å². The molecule has 0 unspecified atom stereocenters. The van der Waals surface area contributed by atoms with Gasteiger partial charge in [0.2, 0.25) is 0 Å². The van der Waals surface area contributed by atoms with Gasteiger partial charge in [0.1, 0.15) is 17.7 Å². The molecule has 1 aliphatic heterocycles. The molecule has 152 valence electrons. The lowest BCUT2D eigenvalue weighted by Crippen LogP contribution is -2.91. The minimum Gasteiger partial charge on any atom is -0.377 e. The zero-order valence-electron chi connectivity index (χ0n) is 17.5. The number of aliphatic hydroxyl groups is 1. The molecule has 0 bridgehead atoms. The van der Waals surface area contributed by atoms with Crippen molar-refractivity contribution in [1.29, 1.82) is 0 Å². The number of hydrogen-bond acceptors (Lipinski definition) is 1. The molecule has 3 aromatic carbocycles. The van der Waals surface area contributed by atoms with Crippen LogP contribution in [0.1, 0.15) is 55.0 Å². The van der Waals surface area contributed by atoms with Crippen molar-refractivity contribution in [2.45, 2.75) is 43.9 Å². The summed E-state index contributed by atoms with van der Waals surface area (Å²) in [6.07, 6.45) is 2.59. The molecular formula is C28H30NO+. The van der Waals surface area contributed by atoms with Crippen LogP contribution >= 0.6 is 0 Å². The first-order valence-electron chi connectivity index (χ1n) is 10.9. The molecule has 0 spiro atoms. The van der Waals surface area contributed by atoms with E-state index in [4.69, 9.17) is 0 Å². The van der Waals surface area contributed by atoms with Crippen LogP contribution in [0.4, 0.5) is 0 Å². The van der Waals surface area contributed by atoms with Crippen molar-refractivity contribution in [3.05, 3.63) is 108 Å². The first-order chi connectivity index (χ1) is 14.7. The Kier molecular flexibility index (Phi) is 6.33. The predicted octanol–water partition coefficient (Wildman–Crippen LogP) is 4.64. The van der Waals surface area contributed by atoms with Crippen molar-refractivity contribution in [2.24, 2.45) is 5.92 Å². The second-order valence-corrected chi connectivity index (χ2v) is 8.29. The van der Waals surface area contributed by atoms with Crippen LogP contribution in [0.5, 0.6) is 0 Å². The normalized spacial score (nSPS) is 25.9. The van der Waals surface area contributed by atoms with Crippen LogP contribution in [0.2, 0.25) is 0 Å². The Hall–Kier alpha value is -2.86. The Balaban J connectivity index is 1.77. The molecule has 1 saturated heterocycles. The van der Waals surface area contributed by atoms with Gasteiger partial charge in [0.15, 0.2) is 0 Å². The van der Waals surface area contributed by atoms with E-state index in [0.29, 0.717) is 6.42 Å². The minimum atomic E-state index is -1.04. The summed E-state index contributed by atoms with van der Waals surface area (Å²) >= 11 is 0. The summed E-state index contributed by atoms with van der Waals surface area (Å²) in [7, 11) is 0.